The standard InChI is InChI=1S/C7H13ClN2O4S/c1-7(2)5-9(6(11)10(7)8)3-4-15(12,13)14/h3-5H2,1-2H3,(H,12,13,14). The highest BCUT2D eigenvalue weighted by Gasteiger charge is 2.42. The Bertz CT molecular complexity index is 367. The molecule has 1 rings (SSSR count). The van der Waals surface area contributed by atoms with Crippen LogP contribution in [0.3, 0.4) is 0 Å². The van der Waals surface area contributed by atoms with Gasteiger partial charge in [-0.3, -0.25) is 4.55 Å². The number of urea groups is 1. The predicted molar refractivity (Wildman–Crippen MR) is 55.2 cm³/mol. The lowest BCUT2D eigenvalue weighted by molar-refractivity contribution is 0.207. The monoisotopic (exact) mass is 256 g/mol. The lowest BCUT2D eigenvalue weighted by Gasteiger charge is -2.21. The molecular formula is C7H13ClN2O4S. The van der Waals surface area contributed by atoms with Gasteiger partial charge in [0.05, 0.1) is 11.3 Å². The van der Waals surface area contributed by atoms with Crippen LogP contribution < -0.4 is 0 Å². The van der Waals surface area contributed by atoms with Crippen molar-refractivity contribution in [3.05, 3.63) is 0 Å². The summed E-state index contributed by atoms with van der Waals surface area (Å²) in [4.78, 5) is 12.8. The summed E-state index contributed by atoms with van der Waals surface area (Å²) in [5.41, 5.74) is -0.530. The van der Waals surface area contributed by atoms with E-state index in [2.05, 4.69) is 0 Å². The molecule has 1 heterocycles. The van der Waals surface area contributed by atoms with Crippen molar-refractivity contribution in [2.24, 2.45) is 0 Å². The molecule has 1 fully saturated rings. The molecule has 0 aliphatic carbocycles. The SMILES string of the molecule is CC1(C)CN(CCS(=O)(=O)O)C(=O)N1Cl. The fourth-order valence-corrected chi connectivity index (χ4v) is 1.99. The van der Waals surface area contributed by atoms with Crippen molar-refractivity contribution in [1.29, 1.82) is 0 Å². The van der Waals surface area contributed by atoms with E-state index in [1.165, 1.54) is 4.90 Å². The summed E-state index contributed by atoms with van der Waals surface area (Å²) in [6, 6.07) is -0.440. The molecule has 0 unspecified atom stereocenters. The Balaban J connectivity index is 2.64. The van der Waals surface area contributed by atoms with Gasteiger partial charge in [-0.2, -0.15) is 8.42 Å². The molecule has 0 saturated carbocycles. The maximum atomic E-state index is 11.5. The number of amides is 2. The van der Waals surface area contributed by atoms with Crippen LogP contribution in [0.2, 0.25) is 0 Å². The van der Waals surface area contributed by atoms with E-state index < -0.39 is 27.4 Å². The highest BCUT2D eigenvalue weighted by molar-refractivity contribution is 7.85. The zero-order chi connectivity index (χ0) is 11.9. The quantitative estimate of drug-likeness (QED) is 0.591. The van der Waals surface area contributed by atoms with E-state index >= 15 is 0 Å². The number of carbonyl (C=O) groups is 1. The molecule has 0 spiro atoms. The third kappa shape index (κ3) is 2.96. The molecule has 2 amide bonds. The van der Waals surface area contributed by atoms with Gasteiger partial charge in [-0.25, -0.2) is 9.21 Å². The van der Waals surface area contributed by atoms with Gasteiger partial charge in [-0.15, -0.1) is 0 Å². The van der Waals surface area contributed by atoms with Crippen molar-refractivity contribution in [2.45, 2.75) is 19.4 Å². The Morgan fingerprint density at radius 3 is 2.40 bits per heavy atom. The zero-order valence-corrected chi connectivity index (χ0v) is 10.0. The lowest BCUT2D eigenvalue weighted by Crippen LogP contribution is -2.34. The second-order valence-corrected chi connectivity index (χ2v) is 5.99. The van der Waals surface area contributed by atoms with Crippen LogP contribution in [-0.4, -0.2) is 52.7 Å². The third-order valence-corrected chi connectivity index (χ3v) is 3.47. The van der Waals surface area contributed by atoms with E-state index in [-0.39, 0.29) is 6.54 Å². The normalized spacial score (nSPS) is 21.2. The summed E-state index contributed by atoms with van der Waals surface area (Å²) in [5, 5.41) is 0. The van der Waals surface area contributed by atoms with E-state index in [4.69, 9.17) is 16.3 Å². The maximum absolute atomic E-state index is 11.5. The van der Waals surface area contributed by atoms with Gasteiger partial charge in [0.15, 0.2) is 0 Å². The Labute approximate surface area is 93.6 Å². The van der Waals surface area contributed by atoms with E-state index in [9.17, 15) is 13.2 Å². The summed E-state index contributed by atoms with van der Waals surface area (Å²) in [7, 11) is -4.05. The van der Waals surface area contributed by atoms with E-state index in [1.54, 1.807) is 13.8 Å². The van der Waals surface area contributed by atoms with Gasteiger partial charge < -0.3 is 4.90 Å². The van der Waals surface area contributed by atoms with Gasteiger partial charge in [0.2, 0.25) is 0 Å². The average Bonchev–Trinajstić information content (AvgIpc) is 2.25. The van der Waals surface area contributed by atoms with Gasteiger partial charge in [-0.1, -0.05) is 0 Å². The summed E-state index contributed by atoms with van der Waals surface area (Å²) in [6.07, 6.45) is 0. The second kappa shape index (κ2) is 3.80. The molecule has 0 aromatic heterocycles. The predicted octanol–water partition coefficient (Wildman–Crippen LogP) is 0.544. The number of hydrogen-bond acceptors (Lipinski definition) is 3. The van der Waals surface area contributed by atoms with Crippen LogP contribution in [0.25, 0.3) is 0 Å². The minimum Gasteiger partial charge on any atom is -0.320 e. The third-order valence-electron chi connectivity index (χ3n) is 2.17. The maximum Gasteiger partial charge on any atom is 0.335 e. The second-order valence-electron chi connectivity index (χ2n) is 4.08. The minimum absolute atomic E-state index is 0.0513. The van der Waals surface area contributed by atoms with Gasteiger partial charge in [0, 0.05) is 24.9 Å². The first-order valence-corrected chi connectivity index (χ1v) is 6.28. The van der Waals surface area contributed by atoms with Crippen LogP contribution >= 0.6 is 11.8 Å². The number of hydrogen-bond donors (Lipinski definition) is 1. The summed E-state index contributed by atoms with van der Waals surface area (Å²) >= 11 is 5.73. The first-order chi connectivity index (χ1) is 6.63. The lowest BCUT2D eigenvalue weighted by atomic mass is 10.1. The molecule has 0 aromatic carbocycles. The molecule has 6 nitrogen and oxygen atoms in total. The van der Waals surface area contributed by atoms with Crippen molar-refractivity contribution in [2.75, 3.05) is 18.8 Å². The topological polar surface area (TPSA) is 77.9 Å². The van der Waals surface area contributed by atoms with Gasteiger partial charge >= 0.3 is 6.03 Å². The van der Waals surface area contributed by atoms with E-state index in [0.29, 0.717) is 6.54 Å². The molecule has 0 atom stereocenters. The molecule has 1 aliphatic heterocycles. The van der Waals surface area contributed by atoms with Crippen molar-refractivity contribution in [1.82, 2.24) is 9.32 Å². The fraction of sp³-hybridized carbons (Fsp3) is 0.857. The van der Waals surface area contributed by atoms with Crippen LogP contribution in [0.15, 0.2) is 0 Å². The fourth-order valence-electron chi connectivity index (χ4n) is 1.38. The number of rotatable bonds is 3. The first kappa shape index (κ1) is 12.5. The Morgan fingerprint density at radius 1 is 1.53 bits per heavy atom. The van der Waals surface area contributed by atoms with Crippen LogP contribution in [0.5, 0.6) is 0 Å². The number of halogens is 1. The van der Waals surface area contributed by atoms with Crippen molar-refractivity contribution < 1.29 is 17.8 Å². The minimum atomic E-state index is -4.05. The molecule has 0 bridgehead atoms. The Kier molecular flexibility index (Phi) is 3.18. The van der Waals surface area contributed by atoms with Crippen molar-refractivity contribution in [3.8, 4) is 0 Å². The number of carbonyl (C=O) groups excluding carboxylic acids is 1. The molecule has 88 valence electrons. The molecule has 1 N–H and O–H groups in total. The van der Waals surface area contributed by atoms with Crippen LogP contribution in [0, 0.1) is 0 Å². The Hall–Kier alpha value is -0.530. The zero-order valence-electron chi connectivity index (χ0n) is 8.47. The van der Waals surface area contributed by atoms with Gasteiger partial charge in [0.25, 0.3) is 10.1 Å². The van der Waals surface area contributed by atoms with Crippen LogP contribution in [0.1, 0.15) is 13.8 Å². The molecule has 1 saturated heterocycles. The van der Waals surface area contributed by atoms with E-state index in [0.717, 1.165) is 4.42 Å². The molecule has 8 heteroatoms. The average molecular weight is 257 g/mol. The van der Waals surface area contributed by atoms with Gasteiger partial charge in [-0.05, 0) is 13.8 Å². The van der Waals surface area contributed by atoms with E-state index in [1.807, 2.05) is 0 Å². The Morgan fingerprint density at radius 2 is 2.07 bits per heavy atom. The first-order valence-electron chi connectivity index (χ1n) is 4.33. The highest BCUT2D eigenvalue weighted by Crippen LogP contribution is 2.27. The molecule has 1 aliphatic rings. The summed E-state index contributed by atoms with van der Waals surface area (Å²) in [5.74, 6) is -0.473. The molecule has 15 heavy (non-hydrogen) atoms. The molecular weight excluding hydrogens is 244 g/mol. The molecule has 0 aromatic rings. The van der Waals surface area contributed by atoms with Crippen LogP contribution in [-0.2, 0) is 10.1 Å². The summed E-state index contributed by atoms with van der Waals surface area (Å²) in [6.45, 7) is 3.83. The summed E-state index contributed by atoms with van der Waals surface area (Å²) < 4.78 is 30.6. The van der Waals surface area contributed by atoms with Crippen LogP contribution in [0.4, 0.5) is 4.79 Å². The highest BCUT2D eigenvalue weighted by atomic mass is 35.5. The number of nitrogens with zero attached hydrogens (tertiary/aromatic N) is 2. The smallest absolute Gasteiger partial charge is 0.320 e. The van der Waals surface area contributed by atoms with Crippen molar-refractivity contribution in [3.63, 3.8) is 0 Å². The van der Waals surface area contributed by atoms with Gasteiger partial charge in [0.1, 0.15) is 0 Å². The van der Waals surface area contributed by atoms with Crippen molar-refractivity contribution >= 4 is 27.9 Å². The largest absolute Gasteiger partial charge is 0.335 e. The molecule has 0 radical (unpaired) electrons.